The Hall–Kier alpha value is -3.28. The van der Waals surface area contributed by atoms with Crippen LogP contribution in [0, 0.1) is 0 Å². The van der Waals surface area contributed by atoms with Crippen LogP contribution in [0.1, 0.15) is 15.9 Å². The lowest BCUT2D eigenvalue weighted by molar-refractivity contribution is 0.0550. The summed E-state index contributed by atoms with van der Waals surface area (Å²) < 4.78 is 6.71. The number of ether oxygens (including phenoxy) is 1. The van der Waals surface area contributed by atoms with Crippen LogP contribution in [0.25, 0.3) is 11.8 Å². The van der Waals surface area contributed by atoms with Crippen LogP contribution in [0.15, 0.2) is 67.0 Å². The average molecular weight is 306 g/mol. The Balaban J connectivity index is 1.60. The minimum absolute atomic E-state index is 0.211. The number of nitrogens with zero attached hydrogens (tertiary/aromatic N) is 4. The lowest BCUT2D eigenvalue weighted by Gasteiger charge is -2.04. The van der Waals surface area contributed by atoms with Gasteiger partial charge in [0.1, 0.15) is 12.9 Å². The predicted molar refractivity (Wildman–Crippen MR) is 84.9 cm³/mol. The zero-order valence-corrected chi connectivity index (χ0v) is 12.2. The summed E-state index contributed by atoms with van der Waals surface area (Å²) in [5.41, 5.74) is 2.21. The SMILES string of the molecule is O=C(OCC=Cc1ccccc1)c1cccc(-n2cnnn2)c1. The fourth-order valence-corrected chi connectivity index (χ4v) is 2.01. The number of benzene rings is 2. The molecule has 3 rings (SSSR count). The van der Waals surface area contributed by atoms with Crippen molar-refractivity contribution >= 4 is 12.0 Å². The molecule has 0 fully saturated rings. The predicted octanol–water partition coefficient (Wildman–Crippen LogP) is 2.53. The van der Waals surface area contributed by atoms with E-state index in [1.807, 2.05) is 42.5 Å². The molecular weight excluding hydrogens is 292 g/mol. The van der Waals surface area contributed by atoms with E-state index in [2.05, 4.69) is 15.5 Å². The van der Waals surface area contributed by atoms with Crippen molar-refractivity contribution in [2.24, 2.45) is 0 Å². The van der Waals surface area contributed by atoms with Crippen molar-refractivity contribution in [1.82, 2.24) is 20.2 Å². The Morgan fingerprint density at radius 2 is 2.00 bits per heavy atom. The van der Waals surface area contributed by atoms with Gasteiger partial charge in [-0.05, 0) is 40.3 Å². The largest absolute Gasteiger partial charge is 0.458 e. The van der Waals surface area contributed by atoms with Crippen LogP contribution in [0.5, 0.6) is 0 Å². The first-order chi connectivity index (χ1) is 11.3. The number of carbonyl (C=O) groups is 1. The molecule has 114 valence electrons. The monoisotopic (exact) mass is 306 g/mol. The zero-order valence-electron chi connectivity index (χ0n) is 12.2. The molecule has 0 saturated heterocycles. The molecule has 0 atom stereocenters. The van der Waals surface area contributed by atoms with E-state index in [-0.39, 0.29) is 6.61 Å². The van der Waals surface area contributed by atoms with Gasteiger partial charge in [-0.25, -0.2) is 9.48 Å². The number of tetrazole rings is 1. The third-order valence-electron chi connectivity index (χ3n) is 3.12. The number of carbonyl (C=O) groups excluding carboxylic acids is 1. The molecule has 1 aromatic heterocycles. The smallest absolute Gasteiger partial charge is 0.338 e. The van der Waals surface area contributed by atoms with E-state index in [0.717, 1.165) is 5.56 Å². The highest BCUT2D eigenvalue weighted by molar-refractivity contribution is 5.90. The molecule has 1 heterocycles. The molecule has 0 aliphatic heterocycles. The molecule has 0 unspecified atom stereocenters. The fourth-order valence-electron chi connectivity index (χ4n) is 2.01. The number of hydrogen-bond acceptors (Lipinski definition) is 5. The third-order valence-corrected chi connectivity index (χ3v) is 3.12. The Kier molecular flexibility index (Phi) is 4.54. The lowest BCUT2D eigenvalue weighted by atomic mass is 10.2. The quantitative estimate of drug-likeness (QED) is 0.677. The van der Waals surface area contributed by atoms with Gasteiger partial charge in [-0.2, -0.15) is 0 Å². The molecule has 6 heteroatoms. The minimum atomic E-state index is -0.391. The summed E-state index contributed by atoms with van der Waals surface area (Å²) in [6, 6.07) is 16.8. The molecule has 0 spiro atoms. The Labute approximate surface area is 133 Å². The first kappa shape index (κ1) is 14.6. The maximum Gasteiger partial charge on any atom is 0.338 e. The van der Waals surface area contributed by atoms with Gasteiger partial charge in [0.25, 0.3) is 0 Å². The van der Waals surface area contributed by atoms with Crippen molar-refractivity contribution < 1.29 is 9.53 Å². The van der Waals surface area contributed by atoms with Gasteiger partial charge in [0.15, 0.2) is 0 Å². The Bertz CT molecular complexity index is 798. The lowest BCUT2D eigenvalue weighted by Crippen LogP contribution is -2.06. The van der Waals surface area contributed by atoms with Crippen molar-refractivity contribution in [3.05, 3.63) is 78.1 Å². The first-order valence-corrected chi connectivity index (χ1v) is 7.05. The van der Waals surface area contributed by atoms with Crippen molar-refractivity contribution in [2.75, 3.05) is 6.61 Å². The number of esters is 1. The van der Waals surface area contributed by atoms with Crippen LogP contribution < -0.4 is 0 Å². The first-order valence-electron chi connectivity index (χ1n) is 7.05. The highest BCUT2D eigenvalue weighted by atomic mass is 16.5. The summed E-state index contributed by atoms with van der Waals surface area (Å²) in [6.45, 7) is 0.211. The van der Waals surface area contributed by atoms with Crippen LogP contribution in [0.4, 0.5) is 0 Å². The molecule has 0 amide bonds. The number of hydrogen-bond donors (Lipinski definition) is 0. The highest BCUT2D eigenvalue weighted by Gasteiger charge is 2.08. The Morgan fingerprint density at radius 3 is 2.78 bits per heavy atom. The minimum Gasteiger partial charge on any atom is -0.458 e. The summed E-state index contributed by atoms with van der Waals surface area (Å²) in [6.07, 6.45) is 5.18. The van der Waals surface area contributed by atoms with E-state index in [1.54, 1.807) is 24.3 Å². The molecule has 23 heavy (non-hydrogen) atoms. The molecule has 0 aliphatic rings. The van der Waals surface area contributed by atoms with Crippen LogP contribution in [-0.4, -0.2) is 32.8 Å². The van der Waals surface area contributed by atoms with Crippen molar-refractivity contribution in [3.63, 3.8) is 0 Å². The standard InChI is InChI=1S/C17H14N4O2/c22-17(23-11-5-8-14-6-2-1-3-7-14)15-9-4-10-16(12-15)21-13-18-19-20-21/h1-10,12-13H,11H2. The van der Waals surface area contributed by atoms with E-state index >= 15 is 0 Å². The van der Waals surface area contributed by atoms with Gasteiger partial charge in [-0.15, -0.1) is 5.10 Å². The topological polar surface area (TPSA) is 69.9 Å². The van der Waals surface area contributed by atoms with Gasteiger partial charge in [-0.3, -0.25) is 0 Å². The highest BCUT2D eigenvalue weighted by Crippen LogP contribution is 2.10. The normalized spacial score (nSPS) is 10.8. The van der Waals surface area contributed by atoms with Crippen LogP contribution in [0.2, 0.25) is 0 Å². The second-order valence-electron chi connectivity index (χ2n) is 4.72. The van der Waals surface area contributed by atoms with E-state index in [9.17, 15) is 4.79 Å². The molecule has 0 saturated carbocycles. The van der Waals surface area contributed by atoms with E-state index in [4.69, 9.17) is 4.74 Å². The number of aromatic nitrogens is 4. The van der Waals surface area contributed by atoms with Crippen LogP contribution in [-0.2, 0) is 4.74 Å². The summed E-state index contributed by atoms with van der Waals surface area (Å²) in [4.78, 5) is 12.1. The molecule has 2 aromatic carbocycles. The molecule has 0 bridgehead atoms. The third kappa shape index (κ3) is 3.88. The van der Waals surface area contributed by atoms with Crippen molar-refractivity contribution in [2.45, 2.75) is 0 Å². The molecule has 0 aliphatic carbocycles. The molecule has 0 radical (unpaired) electrons. The number of rotatable bonds is 5. The van der Waals surface area contributed by atoms with Crippen LogP contribution >= 0.6 is 0 Å². The zero-order chi connectivity index (χ0) is 15.9. The summed E-state index contributed by atoms with van der Waals surface area (Å²) in [5.74, 6) is -0.391. The van der Waals surface area contributed by atoms with E-state index in [1.165, 1.54) is 11.0 Å². The second-order valence-corrected chi connectivity index (χ2v) is 4.72. The van der Waals surface area contributed by atoms with E-state index in [0.29, 0.717) is 11.3 Å². The molecule has 0 N–H and O–H groups in total. The van der Waals surface area contributed by atoms with E-state index < -0.39 is 5.97 Å². The maximum atomic E-state index is 12.1. The van der Waals surface area contributed by atoms with Gasteiger partial charge in [0.05, 0.1) is 11.3 Å². The summed E-state index contributed by atoms with van der Waals surface area (Å²) >= 11 is 0. The molecule has 6 nitrogen and oxygen atoms in total. The maximum absolute atomic E-state index is 12.1. The van der Waals surface area contributed by atoms with Crippen molar-refractivity contribution in [1.29, 1.82) is 0 Å². The average Bonchev–Trinajstić information content (AvgIpc) is 3.14. The molecular formula is C17H14N4O2. The van der Waals surface area contributed by atoms with Gasteiger partial charge in [-0.1, -0.05) is 42.5 Å². The fraction of sp³-hybridized carbons (Fsp3) is 0.0588. The summed E-state index contributed by atoms with van der Waals surface area (Å²) in [5, 5.41) is 10.9. The second kappa shape index (κ2) is 7.13. The van der Waals surface area contributed by atoms with Gasteiger partial charge < -0.3 is 4.74 Å². The van der Waals surface area contributed by atoms with Gasteiger partial charge in [0, 0.05) is 0 Å². The van der Waals surface area contributed by atoms with Crippen molar-refractivity contribution in [3.8, 4) is 5.69 Å². The summed E-state index contributed by atoms with van der Waals surface area (Å²) in [7, 11) is 0. The molecule has 3 aromatic rings. The van der Waals surface area contributed by atoms with Gasteiger partial charge >= 0.3 is 5.97 Å². The van der Waals surface area contributed by atoms with Crippen LogP contribution in [0.3, 0.4) is 0 Å². The Morgan fingerprint density at radius 1 is 1.13 bits per heavy atom. The van der Waals surface area contributed by atoms with Gasteiger partial charge in [0.2, 0.25) is 0 Å².